The van der Waals surface area contributed by atoms with Crippen LogP contribution < -0.4 is 5.32 Å². The third kappa shape index (κ3) is 3.24. The summed E-state index contributed by atoms with van der Waals surface area (Å²) in [7, 11) is 0. The molecule has 0 amide bonds. The van der Waals surface area contributed by atoms with E-state index in [0.29, 0.717) is 6.54 Å². The van der Waals surface area contributed by atoms with Crippen LogP contribution >= 0.6 is 0 Å². The lowest BCUT2D eigenvalue weighted by molar-refractivity contribution is 0.0457. The summed E-state index contributed by atoms with van der Waals surface area (Å²) in [5.74, 6) is 0. The Kier molecular flexibility index (Phi) is 4.15. The summed E-state index contributed by atoms with van der Waals surface area (Å²) in [6, 6.07) is 8.14. The number of hydrogen-bond donors (Lipinski definition) is 2. The van der Waals surface area contributed by atoms with Gasteiger partial charge < -0.3 is 10.4 Å². The van der Waals surface area contributed by atoms with Gasteiger partial charge in [-0.3, -0.25) is 0 Å². The van der Waals surface area contributed by atoms with Crippen molar-refractivity contribution in [1.29, 1.82) is 0 Å². The van der Waals surface area contributed by atoms with Crippen molar-refractivity contribution >= 4 is 5.69 Å². The molecule has 1 aromatic carbocycles. The molecule has 0 fully saturated rings. The van der Waals surface area contributed by atoms with Crippen molar-refractivity contribution < 1.29 is 5.11 Å². The number of nitrogens with one attached hydrogen (secondary N) is 1. The molecule has 0 heterocycles. The number of aryl methyl sites for hydroxylation is 1. The van der Waals surface area contributed by atoms with Gasteiger partial charge in [-0.15, -0.1) is 0 Å². The van der Waals surface area contributed by atoms with Gasteiger partial charge in [0.05, 0.1) is 5.60 Å². The van der Waals surface area contributed by atoms with Gasteiger partial charge in [0, 0.05) is 12.2 Å². The Bertz CT molecular complexity index is 305. The van der Waals surface area contributed by atoms with Gasteiger partial charge in [0.2, 0.25) is 0 Å². The maximum atomic E-state index is 10.1. The van der Waals surface area contributed by atoms with Crippen molar-refractivity contribution in [2.45, 2.75) is 39.2 Å². The van der Waals surface area contributed by atoms with Gasteiger partial charge in [-0.25, -0.2) is 0 Å². The second-order valence-electron chi connectivity index (χ2n) is 4.10. The van der Waals surface area contributed by atoms with Crippen molar-refractivity contribution in [3.8, 4) is 0 Å². The molecule has 1 aromatic rings. The Labute approximate surface area is 92.3 Å². The molecule has 84 valence electrons. The van der Waals surface area contributed by atoms with Gasteiger partial charge in [0.15, 0.2) is 0 Å². The van der Waals surface area contributed by atoms with Crippen molar-refractivity contribution in [3.05, 3.63) is 29.8 Å². The highest BCUT2D eigenvalue weighted by Crippen LogP contribution is 2.18. The van der Waals surface area contributed by atoms with Crippen molar-refractivity contribution in [2.24, 2.45) is 0 Å². The molecule has 0 spiro atoms. The van der Waals surface area contributed by atoms with E-state index >= 15 is 0 Å². The van der Waals surface area contributed by atoms with E-state index in [-0.39, 0.29) is 0 Å². The molecule has 2 N–H and O–H groups in total. The minimum absolute atomic E-state index is 0.581. The van der Waals surface area contributed by atoms with Crippen molar-refractivity contribution in [3.63, 3.8) is 0 Å². The zero-order chi connectivity index (χ0) is 11.3. The van der Waals surface area contributed by atoms with Crippen LogP contribution in [0, 0.1) is 6.92 Å². The minimum Gasteiger partial charge on any atom is -0.388 e. The molecule has 0 saturated heterocycles. The second kappa shape index (κ2) is 5.17. The number of hydrogen-bond acceptors (Lipinski definition) is 2. The maximum absolute atomic E-state index is 10.1. The summed E-state index contributed by atoms with van der Waals surface area (Å²) in [5, 5.41) is 13.4. The van der Waals surface area contributed by atoms with E-state index in [1.54, 1.807) is 0 Å². The van der Waals surface area contributed by atoms with Crippen LogP contribution in [-0.4, -0.2) is 17.3 Å². The van der Waals surface area contributed by atoms with Gasteiger partial charge in [-0.1, -0.05) is 32.0 Å². The van der Waals surface area contributed by atoms with Crippen LogP contribution in [0.25, 0.3) is 0 Å². The van der Waals surface area contributed by atoms with Gasteiger partial charge in [0.25, 0.3) is 0 Å². The van der Waals surface area contributed by atoms with Crippen LogP contribution in [0.15, 0.2) is 24.3 Å². The van der Waals surface area contributed by atoms with Gasteiger partial charge in [0.1, 0.15) is 0 Å². The van der Waals surface area contributed by atoms with Gasteiger partial charge in [-0.05, 0) is 31.4 Å². The monoisotopic (exact) mass is 207 g/mol. The van der Waals surface area contributed by atoms with Crippen molar-refractivity contribution in [2.75, 3.05) is 11.9 Å². The van der Waals surface area contributed by atoms with Gasteiger partial charge in [-0.2, -0.15) is 0 Å². The molecule has 0 saturated carbocycles. The predicted molar refractivity (Wildman–Crippen MR) is 65.2 cm³/mol. The van der Waals surface area contributed by atoms with E-state index in [2.05, 4.69) is 18.3 Å². The van der Waals surface area contributed by atoms with Gasteiger partial charge >= 0.3 is 0 Å². The number of anilines is 1. The lowest BCUT2D eigenvalue weighted by atomic mass is 9.97. The van der Waals surface area contributed by atoms with E-state index in [1.165, 1.54) is 5.56 Å². The third-order valence-corrected chi connectivity index (χ3v) is 3.07. The van der Waals surface area contributed by atoms with E-state index in [1.807, 2.05) is 32.0 Å². The van der Waals surface area contributed by atoms with E-state index in [0.717, 1.165) is 18.5 Å². The van der Waals surface area contributed by atoms with Crippen LogP contribution in [0.2, 0.25) is 0 Å². The molecule has 0 aliphatic heterocycles. The summed E-state index contributed by atoms with van der Waals surface area (Å²) in [5.41, 5.74) is 1.74. The molecule has 0 aliphatic rings. The minimum atomic E-state index is -0.581. The van der Waals surface area contributed by atoms with Crippen LogP contribution in [0.1, 0.15) is 32.3 Å². The number of para-hydroxylation sites is 1. The first-order valence-corrected chi connectivity index (χ1v) is 5.63. The standard InChI is InChI=1S/C13H21NO/c1-4-13(15,5-2)10-14-12-9-7-6-8-11(12)3/h6-9,14-15H,4-5,10H2,1-3H3. The fourth-order valence-corrected chi connectivity index (χ4v) is 1.53. The first-order chi connectivity index (χ1) is 7.11. The molecule has 2 heteroatoms. The summed E-state index contributed by atoms with van der Waals surface area (Å²) in [6.45, 7) is 6.72. The zero-order valence-corrected chi connectivity index (χ0v) is 9.88. The number of benzene rings is 1. The average Bonchev–Trinajstić information content (AvgIpc) is 2.28. The number of rotatable bonds is 5. The molecule has 0 radical (unpaired) electrons. The highest BCUT2D eigenvalue weighted by molar-refractivity contribution is 5.50. The van der Waals surface area contributed by atoms with Crippen molar-refractivity contribution in [1.82, 2.24) is 0 Å². The summed E-state index contributed by atoms with van der Waals surface area (Å²) >= 11 is 0. The Morgan fingerprint density at radius 1 is 1.20 bits per heavy atom. The normalized spacial score (nSPS) is 11.5. The number of aliphatic hydroxyl groups is 1. The Balaban J connectivity index is 2.61. The lowest BCUT2D eigenvalue weighted by Crippen LogP contribution is -2.35. The second-order valence-corrected chi connectivity index (χ2v) is 4.10. The Morgan fingerprint density at radius 3 is 2.33 bits per heavy atom. The summed E-state index contributed by atoms with van der Waals surface area (Å²) in [6.07, 6.45) is 1.56. The average molecular weight is 207 g/mol. The molecule has 15 heavy (non-hydrogen) atoms. The highest BCUT2D eigenvalue weighted by Gasteiger charge is 2.21. The summed E-state index contributed by atoms with van der Waals surface area (Å²) < 4.78 is 0. The summed E-state index contributed by atoms with van der Waals surface area (Å²) in [4.78, 5) is 0. The predicted octanol–water partition coefficient (Wildman–Crippen LogP) is 2.96. The van der Waals surface area contributed by atoms with E-state index in [4.69, 9.17) is 0 Å². The molecular formula is C13H21NO. The molecule has 0 aromatic heterocycles. The quantitative estimate of drug-likeness (QED) is 0.778. The largest absolute Gasteiger partial charge is 0.388 e. The van der Waals surface area contributed by atoms with Crippen LogP contribution in [0.4, 0.5) is 5.69 Å². The smallest absolute Gasteiger partial charge is 0.0814 e. The SMILES string of the molecule is CCC(O)(CC)CNc1ccccc1C. The zero-order valence-electron chi connectivity index (χ0n) is 9.88. The molecule has 1 rings (SSSR count). The molecule has 0 atom stereocenters. The Hall–Kier alpha value is -1.02. The Morgan fingerprint density at radius 2 is 1.80 bits per heavy atom. The van der Waals surface area contributed by atoms with Crippen LogP contribution in [0.3, 0.4) is 0 Å². The van der Waals surface area contributed by atoms with E-state index in [9.17, 15) is 5.11 Å². The highest BCUT2D eigenvalue weighted by atomic mass is 16.3. The first-order valence-electron chi connectivity index (χ1n) is 5.63. The molecule has 0 aliphatic carbocycles. The fraction of sp³-hybridized carbons (Fsp3) is 0.538. The molecule has 0 unspecified atom stereocenters. The molecular weight excluding hydrogens is 186 g/mol. The third-order valence-electron chi connectivity index (χ3n) is 3.07. The first kappa shape index (κ1) is 12.1. The lowest BCUT2D eigenvalue weighted by Gasteiger charge is -2.26. The molecule has 0 bridgehead atoms. The molecule has 2 nitrogen and oxygen atoms in total. The van der Waals surface area contributed by atoms with Crippen LogP contribution in [-0.2, 0) is 0 Å². The van der Waals surface area contributed by atoms with Crippen LogP contribution in [0.5, 0.6) is 0 Å². The van der Waals surface area contributed by atoms with E-state index < -0.39 is 5.60 Å². The fourth-order valence-electron chi connectivity index (χ4n) is 1.53. The maximum Gasteiger partial charge on any atom is 0.0814 e. The topological polar surface area (TPSA) is 32.3 Å².